The minimum atomic E-state index is -0.888. The highest BCUT2D eigenvalue weighted by Gasteiger charge is 2.34. The van der Waals surface area contributed by atoms with Crippen molar-refractivity contribution in [3.63, 3.8) is 0 Å². The van der Waals surface area contributed by atoms with E-state index in [0.29, 0.717) is 11.3 Å². The average molecular weight is 496 g/mol. The highest BCUT2D eigenvalue weighted by Crippen LogP contribution is 2.29. The molecule has 1 fully saturated rings. The molecule has 0 radical (unpaired) electrons. The van der Waals surface area contributed by atoms with Gasteiger partial charge in [-0.05, 0) is 54.1 Å². The molecule has 0 bridgehead atoms. The van der Waals surface area contributed by atoms with Crippen molar-refractivity contribution in [1.82, 2.24) is 15.5 Å². The van der Waals surface area contributed by atoms with Gasteiger partial charge in [-0.3, -0.25) is 14.4 Å². The standard InChI is InChI=1S/C26H29N3O5S/c1-33-20-10-4-7-18(15-20)24(26(32)28-19-8-2-3-9-19)29(17-21-11-6-14-35-21)23(30)16-27-25(31)22-12-5-13-34-22/h4-7,10-15,19,24H,2-3,8-9,16-17H2,1H3,(H,27,31)(H,28,32)/t24-/m1/s1. The maximum Gasteiger partial charge on any atom is 0.287 e. The number of methoxy groups -OCH3 is 1. The van der Waals surface area contributed by atoms with Crippen LogP contribution >= 0.6 is 11.3 Å². The molecule has 0 aliphatic heterocycles. The molecule has 2 heterocycles. The van der Waals surface area contributed by atoms with Crippen molar-refractivity contribution in [1.29, 1.82) is 0 Å². The molecular weight excluding hydrogens is 466 g/mol. The van der Waals surface area contributed by atoms with Gasteiger partial charge < -0.3 is 24.7 Å². The van der Waals surface area contributed by atoms with E-state index >= 15 is 0 Å². The second-order valence-corrected chi connectivity index (χ2v) is 9.46. The first kappa shape index (κ1) is 24.5. The Kier molecular flexibility index (Phi) is 8.20. The minimum absolute atomic E-state index is 0.0907. The van der Waals surface area contributed by atoms with Crippen LogP contribution in [0.15, 0.2) is 64.6 Å². The Morgan fingerprint density at radius 3 is 2.66 bits per heavy atom. The number of benzene rings is 1. The van der Waals surface area contributed by atoms with Gasteiger partial charge in [0.1, 0.15) is 11.8 Å². The molecule has 2 aromatic heterocycles. The van der Waals surface area contributed by atoms with E-state index in [-0.39, 0.29) is 36.7 Å². The number of furan rings is 1. The number of thiophene rings is 1. The summed E-state index contributed by atoms with van der Waals surface area (Å²) >= 11 is 1.50. The molecule has 0 saturated heterocycles. The van der Waals surface area contributed by atoms with Gasteiger partial charge in [0, 0.05) is 10.9 Å². The number of amides is 3. The summed E-state index contributed by atoms with van der Waals surface area (Å²) in [7, 11) is 1.56. The van der Waals surface area contributed by atoms with E-state index in [1.54, 1.807) is 31.4 Å². The molecule has 1 aliphatic carbocycles. The molecule has 3 aromatic rings. The lowest BCUT2D eigenvalue weighted by atomic mass is 10.0. The molecule has 2 N–H and O–H groups in total. The summed E-state index contributed by atoms with van der Waals surface area (Å²) in [5.74, 6) is -0.408. The van der Waals surface area contributed by atoms with Gasteiger partial charge in [-0.25, -0.2) is 0 Å². The van der Waals surface area contributed by atoms with Crippen LogP contribution in [0, 0.1) is 0 Å². The van der Waals surface area contributed by atoms with Gasteiger partial charge in [0.15, 0.2) is 5.76 Å². The zero-order chi connectivity index (χ0) is 24.6. The summed E-state index contributed by atoms with van der Waals surface area (Å²) < 4.78 is 10.5. The first-order valence-electron chi connectivity index (χ1n) is 11.6. The highest BCUT2D eigenvalue weighted by atomic mass is 32.1. The second-order valence-electron chi connectivity index (χ2n) is 8.43. The number of hydrogen-bond donors (Lipinski definition) is 2. The molecule has 0 unspecified atom stereocenters. The molecule has 1 saturated carbocycles. The van der Waals surface area contributed by atoms with Gasteiger partial charge in [0.05, 0.1) is 26.5 Å². The highest BCUT2D eigenvalue weighted by molar-refractivity contribution is 7.09. The fourth-order valence-electron chi connectivity index (χ4n) is 4.28. The van der Waals surface area contributed by atoms with Gasteiger partial charge >= 0.3 is 0 Å². The Hall–Kier alpha value is -3.59. The van der Waals surface area contributed by atoms with Crippen LogP contribution in [0.1, 0.15) is 52.7 Å². The van der Waals surface area contributed by atoms with Crippen LogP contribution in [0.25, 0.3) is 0 Å². The third kappa shape index (κ3) is 6.30. The lowest BCUT2D eigenvalue weighted by Crippen LogP contribution is -2.48. The summed E-state index contributed by atoms with van der Waals surface area (Å²) in [6, 6.07) is 13.3. The third-order valence-corrected chi connectivity index (χ3v) is 6.90. The van der Waals surface area contributed by atoms with Gasteiger partial charge in [-0.2, -0.15) is 0 Å². The molecule has 3 amide bonds. The largest absolute Gasteiger partial charge is 0.497 e. The topological polar surface area (TPSA) is 101 Å². The van der Waals surface area contributed by atoms with E-state index in [2.05, 4.69) is 10.6 Å². The number of carbonyl (C=O) groups excluding carboxylic acids is 3. The van der Waals surface area contributed by atoms with Crippen LogP contribution in [0.2, 0.25) is 0 Å². The van der Waals surface area contributed by atoms with Crippen molar-refractivity contribution < 1.29 is 23.5 Å². The van der Waals surface area contributed by atoms with Crippen molar-refractivity contribution in [2.24, 2.45) is 0 Å². The van der Waals surface area contributed by atoms with Crippen LogP contribution in [0.5, 0.6) is 5.75 Å². The van der Waals surface area contributed by atoms with Gasteiger partial charge in [0.2, 0.25) is 11.8 Å². The van der Waals surface area contributed by atoms with Crippen LogP contribution in [0.4, 0.5) is 0 Å². The predicted octanol–water partition coefficient (Wildman–Crippen LogP) is 3.91. The number of nitrogens with zero attached hydrogens (tertiary/aromatic N) is 1. The number of nitrogens with one attached hydrogen (secondary N) is 2. The van der Waals surface area contributed by atoms with Gasteiger partial charge in [-0.15, -0.1) is 11.3 Å². The quantitative estimate of drug-likeness (QED) is 0.444. The summed E-state index contributed by atoms with van der Waals surface area (Å²) in [5, 5.41) is 7.68. The Morgan fingerprint density at radius 2 is 1.97 bits per heavy atom. The first-order chi connectivity index (χ1) is 17.0. The van der Waals surface area contributed by atoms with Crippen LogP contribution in [0.3, 0.4) is 0 Å². The molecule has 1 atom stereocenters. The number of rotatable bonds is 10. The van der Waals surface area contributed by atoms with Crippen molar-refractivity contribution in [2.45, 2.75) is 44.3 Å². The van der Waals surface area contributed by atoms with Crippen molar-refractivity contribution in [2.75, 3.05) is 13.7 Å². The SMILES string of the molecule is COc1cccc([C@H](C(=O)NC2CCCC2)N(Cc2cccs2)C(=O)CNC(=O)c2ccco2)c1. The maximum absolute atomic E-state index is 13.7. The fourth-order valence-corrected chi connectivity index (χ4v) is 4.98. The molecule has 1 aromatic carbocycles. The predicted molar refractivity (Wildman–Crippen MR) is 132 cm³/mol. The Balaban J connectivity index is 1.63. The first-order valence-corrected chi connectivity index (χ1v) is 12.5. The zero-order valence-electron chi connectivity index (χ0n) is 19.6. The monoisotopic (exact) mass is 495 g/mol. The van der Waals surface area contributed by atoms with E-state index in [1.807, 2.05) is 23.6 Å². The maximum atomic E-state index is 13.7. The number of hydrogen-bond acceptors (Lipinski definition) is 6. The fraction of sp³-hybridized carbons (Fsp3) is 0.346. The summed E-state index contributed by atoms with van der Waals surface area (Å²) in [6.45, 7) is -0.0465. The minimum Gasteiger partial charge on any atom is -0.497 e. The van der Waals surface area contributed by atoms with Gasteiger partial charge in [0.25, 0.3) is 5.91 Å². The van der Waals surface area contributed by atoms with Crippen LogP contribution in [-0.2, 0) is 16.1 Å². The second kappa shape index (κ2) is 11.7. The average Bonchev–Trinajstić information content (AvgIpc) is 3.66. The van der Waals surface area contributed by atoms with Crippen molar-refractivity contribution in [3.05, 3.63) is 76.4 Å². The smallest absolute Gasteiger partial charge is 0.287 e. The summed E-state index contributed by atoms with van der Waals surface area (Å²) in [4.78, 5) is 42.0. The molecule has 4 rings (SSSR count). The summed E-state index contributed by atoms with van der Waals surface area (Å²) in [6.07, 6.45) is 5.39. The van der Waals surface area contributed by atoms with E-state index in [0.717, 1.165) is 30.6 Å². The van der Waals surface area contributed by atoms with E-state index in [9.17, 15) is 14.4 Å². The number of carbonyl (C=O) groups is 3. The van der Waals surface area contributed by atoms with Crippen LogP contribution < -0.4 is 15.4 Å². The van der Waals surface area contributed by atoms with Crippen molar-refractivity contribution in [3.8, 4) is 5.75 Å². The third-order valence-electron chi connectivity index (χ3n) is 6.04. The van der Waals surface area contributed by atoms with E-state index in [4.69, 9.17) is 9.15 Å². The van der Waals surface area contributed by atoms with E-state index < -0.39 is 11.9 Å². The van der Waals surface area contributed by atoms with E-state index in [1.165, 1.54) is 28.6 Å². The molecule has 8 nitrogen and oxygen atoms in total. The Morgan fingerprint density at radius 1 is 1.14 bits per heavy atom. The Bertz CT molecular complexity index is 1120. The molecule has 0 spiro atoms. The zero-order valence-corrected chi connectivity index (χ0v) is 20.4. The molecule has 1 aliphatic rings. The molecule has 35 heavy (non-hydrogen) atoms. The molecule has 9 heteroatoms. The Labute approximate surface area is 208 Å². The lowest BCUT2D eigenvalue weighted by Gasteiger charge is -2.32. The lowest BCUT2D eigenvalue weighted by molar-refractivity contribution is -0.141. The normalized spacial score (nSPS) is 14.3. The summed E-state index contributed by atoms with van der Waals surface area (Å²) in [5.41, 5.74) is 0.641. The molecular formula is C26H29N3O5S. The molecule has 184 valence electrons. The van der Waals surface area contributed by atoms with Crippen LogP contribution in [-0.4, -0.2) is 42.3 Å². The van der Waals surface area contributed by atoms with Gasteiger partial charge in [-0.1, -0.05) is 31.0 Å². The van der Waals surface area contributed by atoms with Crippen molar-refractivity contribution >= 4 is 29.1 Å². The number of ether oxygens (including phenoxy) is 1.